The van der Waals surface area contributed by atoms with Gasteiger partial charge in [-0.2, -0.15) is 0 Å². The molecule has 2 rings (SSSR count). The van der Waals surface area contributed by atoms with E-state index in [1.807, 2.05) is 6.07 Å². The average molecular weight is 336 g/mol. The van der Waals surface area contributed by atoms with Crippen LogP contribution >= 0.6 is 0 Å². The molecule has 5 nitrogen and oxygen atoms in total. The first kappa shape index (κ1) is 19.0. The van der Waals surface area contributed by atoms with E-state index >= 15 is 0 Å². The third-order valence-corrected chi connectivity index (χ3v) is 4.51. The van der Waals surface area contributed by atoms with Crippen molar-refractivity contribution < 1.29 is 14.2 Å². The first-order chi connectivity index (χ1) is 11.8. The molecule has 1 fully saturated rings. The van der Waals surface area contributed by atoms with Crippen molar-refractivity contribution in [2.24, 2.45) is 0 Å². The molecule has 1 aliphatic rings. The molecule has 0 aromatic heterocycles. The van der Waals surface area contributed by atoms with Crippen molar-refractivity contribution in [3.8, 4) is 11.5 Å². The molecular formula is C19H32N2O3. The smallest absolute Gasteiger partial charge is 0.161 e. The van der Waals surface area contributed by atoms with Crippen LogP contribution in [0.3, 0.4) is 0 Å². The number of ether oxygens (including phenoxy) is 3. The minimum Gasteiger partial charge on any atom is -0.493 e. The van der Waals surface area contributed by atoms with Gasteiger partial charge >= 0.3 is 0 Å². The molecule has 1 atom stereocenters. The SMILES string of the molecule is CCN(CC)CCNCc1ccc(OCC2CCCO2)c(OC)c1. The predicted octanol–water partition coefficient (Wildman–Crippen LogP) is 2.68. The quantitative estimate of drug-likeness (QED) is 0.629. The van der Waals surface area contributed by atoms with Gasteiger partial charge in [-0.1, -0.05) is 19.9 Å². The van der Waals surface area contributed by atoms with Crippen LogP contribution < -0.4 is 14.8 Å². The molecule has 136 valence electrons. The summed E-state index contributed by atoms with van der Waals surface area (Å²) in [5.74, 6) is 1.58. The van der Waals surface area contributed by atoms with Crippen LogP contribution in [-0.4, -0.2) is 57.5 Å². The van der Waals surface area contributed by atoms with Crippen LogP contribution in [0.25, 0.3) is 0 Å². The highest BCUT2D eigenvalue weighted by molar-refractivity contribution is 5.43. The minimum absolute atomic E-state index is 0.219. The van der Waals surface area contributed by atoms with Gasteiger partial charge in [-0.3, -0.25) is 0 Å². The monoisotopic (exact) mass is 336 g/mol. The molecule has 0 saturated carbocycles. The van der Waals surface area contributed by atoms with Crippen LogP contribution in [0.1, 0.15) is 32.3 Å². The molecule has 24 heavy (non-hydrogen) atoms. The molecule has 0 bridgehead atoms. The van der Waals surface area contributed by atoms with Crippen LogP contribution in [0, 0.1) is 0 Å². The normalized spacial score (nSPS) is 17.4. The Morgan fingerprint density at radius 2 is 2.08 bits per heavy atom. The van der Waals surface area contributed by atoms with E-state index < -0.39 is 0 Å². The highest BCUT2D eigenvalue weighted by Gasteiger charge is 2.17. The van der Waals surface area contributed by atoms with E-state index in [4.69, 9.17) is 14.2 Å². The Labute approximate surface area is 146 Å². The molecule has 1 heterocycles. The van der Waals surface area contributed by atoms with Gasteiger partial charge < -0.3 is 24.4 Å². The van der Waals surface area contributed by atoms with Gasteiger partial charge in [0.2, 0.25) is 0 Å². The van der Waals surface area contributed by atoms with E-state index in [-0.39, 0.29) is 6.10 Å². The Morgan fingerprint density at radius 1 is 1.25 bits per heavy atom. The molecule has 0 radical (unpaired) electrons. The fourth-order valence-electron chi connectivity index (χ4n) is 2.91. The van der Waals surface area contributed by atoms with E-state index in [0.29, 0.717) is 6.61 Å². The molecule has 1 aromatic rings. The van der Waals surface area contributed by atoms with Crippen molar-refractivity contribution in [3.05, 3.63) is 23.8 Å². The van der Waals surface area contributed by atoms with Crippen LogP contribution in [0.2, 0.25) is 0 Å². The number of nitrogens with one attached hydrogen (secondary N) is 1. The summed E-state index contributed by atoms with van der Waals surface area (Å²) >= 11 is 0. The fraction of sp³-hybridized carbons (Fsp3) is 0.684. The Kier molecular flexibility index (Phi) is 8.36. The van der Waals surface area contributed by atoms with Crippen molar-refractivity contribution in [2.75, 3.05) is 46.5 Å². The highest BCUT2D eigenvalue weighted by Crippen LogP contribution is 2.28. The summed E-state index contributed by atoms with van der Waals surface area (Å²) in [6.45, 7) is 10.9. The summed E-state index contributed by atoms with van der Waals surface area (Å²) in [7, 11) is 1.69. The largest absolute Gasteiger partial charge is 0.493 e. The van der Waals surface area contributed by atoms with E-state index in [1.54, 1.807) is 7.11 Å². The standard InChI is InChI=1S/C19H32N2O3/c1-4-21(5-2)11-10-20-14-16-8-9-18(19(13-16)22-3)24-15-17-7-6-12-23-17/h8-9,13,17,20H,4-7,10-12,14-15H2,1-3H3. The van der Waals surface area contributed by atoms with Gasteiger partial charge in [0.25, 0.3) is 0 Å². The lowest BCUT2D eigenvalue weighted by molar-refractivity contribution is 0.0669. The molecule has 0 spiro atoms. The van der Waals surface area contributed by atoms with Crippen LogP contribution in [-0.2, 0) is 11.3 Å². The van der Waals surface area contributed by atoms with Crippen molar-refractivity contribution in [2.45, 2.75) is 39.3 Å². The van der Waals surface area contributed by atoms with Crippen LogP contribution in [0.15, 0.2) is 18.2 Å². The first-order valence-corrected chi connectivity index (χ1v) is 9.11. The number of rotatable bonds is 11. The molecular weight excluding hydrogens is 304 g/mol. The van der Waals surface area contributed by atoms with Gasteiger partial charge in [-0.25, -0.2) is 0 Å². The van der Waals surface area contributed by atoms with Gasteiger partial charge in [-0.15, -0.1) is 0 Å². The summed E-state index contributed by atoms with van der Waals surface area (Å²) in [5, 5.41) is 3.49. The van der Waals surface area contributed by atoms with E-state index in [2.05, 4.69) is 36.2 Å². The van der Waals surface area contributed by atoms with Crippen molar-refractivity contribution >= 4 is 0 Å². The number of hydrogen-bond donors (Lipinski definition) is 1. The lowest BCUT2D eigenvalue weighted by Gasteiger charge is -2.18. The van der Waals surface area contributed by atoms with E-state index in [9.17, 15) is 0 Å². The maximum atomic E-state index is 5.88. The fourth-order valence-corrected chi connectivity index (χ4v) is 2.91. The summed E-state index contributed by atoms with van der Waals surface area (Å²) in [6.07, 6.45) is 2.43. The minimum atomic E-state index is 0.219. The third kappa shape index (κ3) is 5.96. The van der Waals surface area contributed by atoms with Gasteiger partial charge in [0.1, 0.15) is 6.61 Å². The van der Waals surface area contributed by atoms with E-state index in [0.717, 1.165) is 63.7 Å². The van der Waals surface area contributed by atoms with E-state index in [1.165, 1.54) is 5.56 Å². The van der Waals surface area contributed by atoms with Crippen molar-refractivity contribution in [1.29, 1.82) is 0 Å². The average Bonchev–Trinajstić information content (AvgIpc) is 3.14. The molecule has 0 aliphatic carbocycles. The molecule has 1 N–H and O–H groups in total. The lowest BCUT2D eigenvalue weighted by atomic mass is 10.2. The topological polar surface area (TPSA) is 43.0 Å². The zero-order valence-electron chi connectivity index (χ0n) is 15.3. The molecule has 1 aliphatic heterocycles. The second kappa shape index (κ2) is 10.5. The Hall–Kier alpha value is -1.30. The number of likely N-dealkylation sites (N-methyl/N-ethyl adjacent to an activating group) is 1. The van der Waals surface area contributed by atoms with Gasteiger partial charge in [0.15, 0.2) is 11.5 Å². The lowest BCUT2D eigenvalue weighted by Crippen LogP contribution is -2.31. The molecule has 5 heteroatoms. The third-order valence-electron chi connectivity index (χ3n) is 4.51. The second-order valence-corrected chi connectivity index (χ2v) is 6.13. The molecule has 0 amide bonds. The van der Waals surface area contributed by atoms with Crippen LogP contribution in [0.4, 0.5) is 0 Å². The second-order valence-electron chi connectivity index (χ2n) is 6.13. The summed E-state index contributed by atoms with van der Waals surface area (Å²) in [5.41, 5.74) is 1.20. The van der Waals surface area contributed by atoms with Gasteiger partial charge in [0.05, 0.1) is 13.2 Å². The Bertz CT molecular complexity index is 472. The maximum Gasteiger partial charge on any atom is 0.161 e. The Morgan fingerprint density at radius 3 is 2.75 bits per heavy atom. The summed E-state index contributed by atoms with van der Waals surface area (Å²) in [6, 6.07) is 6.14. The number of benzene rings is 1. The molecule has 1 saturated heterocycles. The zero-order valence-corrected chi connectivity index (χ0v) is 15.3. The highest BCUT2D eigenvalue weighted by atomic mass is 16.5. The predicted molar refractivity (Wildman–Crippen MR) is 97.0 cm³/mol. The van der Waals surface area contributed by atoms with Crippen molar-refractivity contribution in [3.63, 3.8) is 0 Å². The summed E-state index contributed by atoms with van der Waals surface area (Å²) in [4.78, 5) is 2.41. The molecule has 1 aromatic carbocycles. The Balaban J connectivity index is 1.79. The van der Waals surface area contributed by atoms with Crippen LogP contribution in [0.5, 0.6) is 11.5 Å². The zero-order chi connectivity index (χ0) is 17.2. The number of methoxy groups -OCH3 is 1. The first-order valence-electron chi connectivity index (χ1n) is 9.11. The summed E-state index contributed by atoms with van der Waals surface area (Å²) < 4.78 is 17.0. The van der Waals surface area contributed by atoms with Gasteiger partial charge in [-0.05, 0) is 43.6 Å². The van der Waals surface area contributed by atoms with Gasteiger partial charge in [0, 0.05) is 26.2 Å². The van der Waals surface area contributed by atoms with Crippen molar-refractivity contribution in [1.82, 2.24) is 10.2 Å². The molecule has 1 unspecified atom stereocenters. The maximum absolute atomic E-state index is 5.88. The number of nitrogens with zero attached hydrogens (tertiary/aromatic N) is 1. The number of hydrogen-bond acceptors (Lipinski definition) is 5.